The minimum Gasteiger partial charge on any atom is -0.658 e. The standard InChI is InChI=1S/C31H25N5O4.Zn/c37-15-13-20(14-16-38)31-28-11-5-23(34-28)17-21-3-9-26(32-21)30(19-1-7-25(8-2-19)36(39)40)27-10-4-22(33-27)18-24-6-12-29(31)35-24;/h1-12,17-18,20,37-38H,13-16H2;/q-2;+2. The fraction of sp³-hybridized carbons (Fsp3) is 0.161. The monoisotopic (exact) mass is 595 g/mol. The van der Waals surface area contributed by atoms with Crippen LogP contribution < -0.4 is 9.97 Å². The molecular formula is C31H25N5O4Zn. The van der Waals surface area contributed by atoms with E-state index in [-0.39, 0.29) is 44.3 Å². The molecule has 4 aromatic rings. The summed E-state index contributed by atoms with van der Waals surface area (Å²) < 4.78 is 0. The van der Waals surface area contributed by atoms with E-state index < -0.39 is 4.92 Å². The summed E-state index contributed by atoms with van der Waals surface area (Å²) in [5.74, 6) is -0.120. The maximum Gasteiger partial charge on any atom is 2.00 e. The number of benzene rings is 1. The summed E-state index contributed by atoms with van der Waals surface area (Å²) in [7, 11) is 0. The topological polar surface area (TPSA) is 138 Å². The van der Waals surface area contributed by atoms with Crippen LogP contribution >= 0.6 is 0 Å². The minimum atomic E-state index is -0.421. The smallest absolute Gasteiger partial charge is 0.658 e. The van der Waals surface area contributed by atoms with Gasteiger partial charge in [0.2, 0.25) is 0 Å². The van der Waals surface area contributed by atoms with E-state index in [2.05, 4.69) is 0 Å². The van der Waals surface area contributed by atoms with Crippen molar-refractivity contribution in [2.75, 3.05) is 13.2 Å². The first-order chi connectivity index (χ1) is 19.5. The number of aliphatic hydroxyl groups is 2. The predicted molar refractivity (Wildman–Crippen MR) is 155 cm³/mol. The third-order valence-electron chi connectivity index (χ3n) is 7.03. The van der Waals surface area contributed by atoms with Crippen LogP contribution in [0.5, 0.6) is 0 Å². The zero-order valence-corrected chi connectivity index (χ0v) is 25.1. The summed E-state index contributed by atoms with van der Waals surface area (Å²) >= 11 is 0. The quantitative estimate of drug-likeness (QED) is 0.143. The molecule has 200 valence electrons. The molecule has 0 spiro atoms. The van der Waals surface area contributed by atoms with Gasteiger partial charge in [-0.25, -0.2) is 9.97 Å². The summed E-state index contributed by atoms with van der Waals surface area (Å²) in [4.78, 5) is 30.2. The molecule has 8 bridgehead atoms. The van der Waals surface area contributed by atoms with Gasteiger partial charge < -0.3 is 20.2 Å². The molecule has 2 N–H and O–H groups in total. The Morgan fingerprint density at radius 3 is 1.73 bits per heavy atom. The van der Waals surface area contributed by atoms with Gasteiger partial charge in [-0.05, 0) is 60.8 Å². The first-order valence-corrected chi connectivity index (χ1v) is 13.0. The Kier molecular flexibility index (Phi) is 8.35. The maximum atomic E-state index is 11.2. The third-order valence-corrected chi connectivity index (χ3v) is 7.03. The van der Waals surface area contributed by atoms with Crippen LogP contribution in [0.3, 0.4) is 0 Å². The average Bonchev–Trinajstić information content (AvgIpc) is 3.76. The van der Waals surface area contributed by atoms with Gasteiger partial charge in [-0.15, -0.1) is 22.1 Å². The first-order valence-electron chi connectivity index (χ1n) is 13.0. The number of aliphatic hydroxyl groups excluding tert-OH is 2. The van der Waals surface area contributed by atoms with E-state index in [4.69, 9.17) is 19.9 Å². The van der Waals surface area contributed by atoms with E-state index in [0.29, 0.717) is 35.6 Å². The van der Waals surface area contributed by atoms with Crippen LogP contribution in [0, 0.1) is 10.1 Å². The van der Waals surface area contributed by atoms with Crippen LogP contribution in [0.4, 0.5) is 5.69 Å². The third kappa shape index (κ3) is 5.81. The zero-order chi connectivity index (χ0) is 27.6. The van der Waals surface area contributed by atoms with Crippen LogP contribution in [-0.4, -0.2) is 38.3 Å². The second-order valence-electron chi connectivity index (χ2n) is 9.62. The number of nitrogens with zero attached hydrogens (tertiary/aromatic N) is 5. The largest absolute Gasteiger partial charge is 2.00 e. The van der Waals surface area contributed by atoms with Crippen molar-refractivity contribution >= 4 is 52.1 Å². The van der Waals surface area contributed by atoms with Gasteiger partial charge in [0, 0.05) is 30.9 Å². The predicted octanol–water partition coefficient (Wildman–Crippen LogP) is 5.33. The first kappa shape index (κ1) is 28.3. The van der Waals surface area contributed by atoms with E-state index in [1.165, 1.54) is 12.1 Å². The van der Waals surface area contributed by atoms with Gasteiger partial charge in [-0.2, -0.15) is 0 Å². The number of rotatable bonds is 7. The SMILES string of the molecule is O=[N+]([O-])c1ccc(-c2c3nc(cc4ccc([n-]4)c(C(CCO)CCO)c4ccc(cc5nc2C=C5)[n-]4)C=C3)cc1.[Zn+2]. The van der Waals surface area contributed by atoms with Gasteiger partial charge in [-0.3, -0.25) is 10.1 Å². The molecule has 0 radical (unpaired) electrons. The number of hydrogen-bond donors (Lipinski definition) is 2. The molecule has 41 heavy (non-hydrogen) atoms. The fourth-order valence-corrected chi connectivity index (χ4v) is 5.19. The van der Waals surface area contributed by atoms with Gasteiger partial charge in [0.05, 0.1) is 27.7 Å². The van der Waals surface area contributed by atoms with E-state index in [0.717, 1.165) is 38.8 Å². The molecule has 0 aliphatic carbocycles. The number of hydrogen-bond acceptors (Lipinski definition) is 6. The number of nitro groups is 1. The molecule has 9 nitrogen and oxygen atoms in total. The van der Waals surface area contributed by atoms with Crippen molar-refractivity contribution in [3.63, 3.8) is 0 Å². The summed E-state index contributed by atoms with van der Waals surface area (Å²) in [6, 6.07) is 17.9. The van der Waals surface area contributed by atoms with Crippen LogP contribution in [-0.2, 0) is 19.5 Å². The van der Waals surface area contributed by atoms with Crippen molar-refractivity contribution < 1.29 is 34.6 Å². The molecule has 0 atom stereocenters. The number of aromatic nitrogens is 4. The molecule has 0 saturated carbocycles. The van der Waals surface area contributed by atoms with E-state index in [1.807, 2.05) is 60.7 Å². The Hall–Kier alpha value is -4.24. The Bertz CT molecular complexity index is 1720. The fourth-order valence-electron chi connectivity index (χ4n) is 5.19. The molecule has 0 fully saturated rings. The summed E-state index contributed by atoms with van der Waals surface area (Å²) in [5.41, 5.74) is 8.16. The second-order valence-corrected chi connectivity index (χ2v) is 9.62. The van der Waals surface area contributed by atoms with Crippen molar-refractivity contribution in [2.45, 2.75) is 18.8 Å². The Morgan fingerprint density at radius 2 is 1.27 bits per heavy atom. The van der Waals surface area contributed by atoms with Crippen molar-refractivity contribution in [2.24, 2.45) is 0 Å². The average molecular weight is 597 g/mol. The van der Waals surface area contributed by atoms with E-state index in [1.54, 1.807) is 12.1 Å². The second kappa shape index (κ2) is 12.1. The molecule has 3 aromatic heterocycles. The van der Waals surface area contributed by atoms with Crippen molar-refractivity contribution in [3.05, 3.63) is 99.1 Å². The van der Waals surface area contributed by atoms with Crippen LogP contribution in [0.2, 0.25) is 0 Å². The zero-order valence-electron chi connectivity index (χ0n) is 22.1. The van der Waals surface area contributed by atoms with Gasteiger partial charge >= 0.3 is 19.5 Å². The van der Waals surface area contributed by atoms with Gasteiger partial charge in [-0.1, -0.05) is 42.0 Å². The Balaban J connectivity index is 0.00000337. The Morgan fingerprint density at radius 1 is 0.756 bits per heavy atom. The van der Waals surface area contributed by atoms with Crippen molar-refractivity contribution in [1.29, 1.82) is 0 Å². The molecule has 2 aliphatic rings. The maximum absolute atomic E-state index is 11.2. The molecule has 10 heteroatoms. The summed E-state index contributed by atoms with van der Waals surface area (Å²) in [5, 5.41) is 30.7. The number of non-ortho nitro benzene ring substituents is 1. The van der Waals surface area contributed by atoms with E-state index >= 15 is 0 Å². The molecular weight excluding hydrogens is 572 g/mol. The van der Waals surface area contributed by atoms with Crippen molar-refractivity contribution in [3.8, 4) is 11.1 Å². The van der Waals surface area contributed by atoms with Gasteiger partial charge in [0.15, 0.2) is 0 Å². The van der Waals surface area contributed by atoms with Crippen LogP contribution in [0.1, 0.15) is 47.1 Å². The Labute approximate surface area is 248 Å². The molecule has 6 rings (SSSR count). The number of fused-ring (bicyclic) bond motifs is 8. The van der Waals surface area contributed by atoms with E-state index in [9.17, 15) is 20.3 Å². The molecule has 5 heterocycles. The molecule has 2 aliphatic heterocycles. The van der Waals surface area contributed by atoms with Crippen LogP contribution in [0.25, 0.3) is 57.5 Å². The molecule has 1 aromatic carbocycles. The summed E-state index contributed by atoms with van der Waals surface area (Å²) in [6.45, 7) is -0.0247. The van der Waals surface area contributed by atoms with Gasteiger partial charge in [0.25, 0.3) is 5.69 Å². The van der Waals surface area contributed by atoms with Crippen molar-refractivity contribution in [1.82, 2.24) is 19.9 Å². The molecule has 0 saturated heterocycles. The minimum absolute atomic E-state index is 0. The summed E-state index contributed by atoms with van der Waals surface area (Å²) in [6.07, 6.45) is 8.58. The molecule has 0 unspecified atom stereocenters. The van der Waals surface area contributed by atoms with Crippen LogP contribution in [0.15, 0.2) is 60.7 Å². The molecule has 0 amide bonds. The number of nitro benzene ring substituents is 1. The normalized spacial score (nSPS) is 12.1. The van der Waals surface area contributed by atoms with Gasteiger partial charge in [0.1, 0.15) is 0 Å².